The number of aromatic amines is 1. The van der Waals surface area contributed by atoms with E-state index in [1.54, 1.807) is 12.3 Å². The van der Waals surface area contributed by atoms with Crippen LogP contribution < -0.4 is 5.32 Å². The van der Waals surface area contributed by atoms with Crippen LogP contribution >= 0.6 is 11.6 Å². The van der Waals surface area contributed by atoms with E-state index < -0.39 is 0 Å². The number of H-pyrrole nitrogens is 1. The number of hydrogen-bond acceptors (Lipinski definition) is 3. The second-order valence-corrected chi connectivity index (χ2v) is 4.39. The molecule has 0 aliphatic heterocycles. The summed E-state index contributed by atoms with van der Waals surface area (Å²) in [5.41, 5.74) is 3.21. The summed E-state index contributed by atoms with van der Waals surface area (Å²) < 4.78 is 0. The van der Waals surface area contributed by atoms with E-state index in [2.05, 4.69) is 26.3 Å². The molecule has 4 nitrogen and oxygen atoms in total. The minimum Gasteiger partial charge on any atom is -0.359 e. The maximum atomic E-state index is 5.77. The van der Waals surface area contributed by atoms with Crippen LogP contribution in [-0.4, -0.2) is 15.0 Å². The zero-order valence-electron chi connectivity index (χ0n) is 9.74. The first-order chi connectivity index (χ1) is 8.72. The van der Waals surface area contributed by atoms with Crippen molar-refractivity contribution in [2.75, 3.05) is 5.32 Å². The van der Waals surface area contributed by atoms with Crippen molar-refractivity contribution < 1.29 is 0 Å². The first-order valence-corrected chi connectivity index (χ1v) is 5.94. The molecule has 1 aromatic carbocycles. The van der Waals surface area contributed by atoms with Crippen LogP contribution in [0, 0.1) is 6.92 Å². The van der Waals surface area contributed by atoms with Gasteiger partial charge >= 0.3 is 0 Å². The van der Waals surface area contributed by atoms with E-state index in [4.69, 9.17) is 11.6 Å². The van der Waals surface area contributed by atoms with Gasteiger partial charge in [-0.2, -0.15) is 0 Å². The highest BCUT2D eigenvalue weighted by atomic mass is 35.5. The van der Waals surface area contributed by atoms with Gasteiger partial charge in [0.05, 0.1) is 0 Å². The predicted molar refractivity (Wildman–Crippen MR) is 73.4 cm³/mol. The lowest BCUT2D eigenvalue weighted by molar-refractivity contribution is 1.17. The van der Waals surface area contributed by atoms with Gasteiger partial charge in [-0.1, -0.05) is 6.07 Å². The van der Waals surface area contributed by atoms with Gasteiger partial charge in [0.1, 0.15) is 5.82 Å². The molecule has 0 saturated carbocycles. The smallest absolute Gasteiger partial charge is 0.224 e. The molecule has 3 aromatic rings. The first-order valence-electron chi connectivity index (χ1n) is 5.56. The van der Waals surface area contributed by atoms with E-state index in [9.17, 15) is 0 Å². The molecule has 0 spiro atoms. The lowest BCUT2D eigenvalue weighted by atomic mass is 10.2. The van der Waals surface area contributed by atoms with E-state index in [1.165, 1.54) is 0 Å². The van der Waals surface area contributed by atoms with Crippen LogP contribution in [0.15, 0.2) is 36.5 Å². The fraction of sp³-hybridized carbons (Fsp3) is 0.0769. The van der Waals surface area contributed by atoms with Gasteiger partial charge in [-0.3, -0.25) is 0 Å². The number of fused-ring (bicyclic) bond motifs is 1. The van der Waals surface area contributed by atoms with Crippen LogP contribution in [0.1, 0.15) is 5.69 Å². The third kappa shape index (κ3) is 2.02. The molecule has 2 N–H and O–H groups in total. The Kier molecular flexibility index (Phi) is 2.64. The van der Waals surface area contributed by atoms with Crippen molar-refractivity contribution in [1.29, 1.82) is 0 Å². The molecule has 2 heterocycles. The van der Waals surface area contributed by atoms with Gasteiger partial charge in [0.15, 0.2) is 0 Å². The van der Waals surface area contributed by atoms with Crippen LogP contribution in [0.3, 0.4) is 0 Å². The molecule has 18 heavy (non-hydrogen) atoms. The number of anilines is 2. The van der Waals surface area contributed by atoms with Crippen molar-refractivity contribution in [2.45, 2.75) is 6.92 Å². The normalized spacial score (nSPS) is 10.8. The third-order valence-corrected chi connectivity index (χ3v) is 2.87. The lowest BCUT2D eigenvalue weighted by Gasteiger charge is -2.06. The van der Waals surface area contributed by atoms with Crippen molar-refractivity contribution in [3.63, 3.8) is 0 Å². The summed E-state index contributed by atoms with van der Waals surface area (Å²) in [5, 5.41) is 4.61. The second kappa shape index (κ2) is 4.31. The number of aryl methyl sites for hydroxylation is 1. The quantitative estimate of drug-likeness (QED) is 0.690. The van der Waals surface area contributed by atoms with Crippen LogP contribution in [0.2, 0.25) is 5.28 Å². The van der Waals surface area contributed by atoms with Crippen molar-refractivity contribution in [3.05, 3.63) is 47.5 Å². The SMILES string of the molecule is Cc1cc2c(Nc3ccnc(Cl)n3)cccc2[nH]1. The minimum atomic E-state index is 0.234. The van der Waals surface area contributed by atoms with Crippen LogP contribution in [-0.2, 0) is 0 Å². The molecule has 0 atom stereocenters. The summed E-state index contributed by atoms with van der Waals surface area (Å²) in [6.45, 7) is 2.03. The lowest BCUT2D eigenvalue weighted by Crippen LogP contribution is -1.94. The molecule has 90 valence electrons. The number of nitrogens with one attached hydrogen (secondary N) is 2. The molecule has 0 aliphatic carbocycles. The molecule has 0 fully saturated rings. The minimum absolute atomic E-state index is 0.234. The number of halogens is 1. The highest BCUT2D eigenvalue weighted by molar-refractivity contribution is 6.28. The van der Waals surface area contributed by atoms with Crippen molar-refractivity contribution in [1.82, 2.24) is 15.0 Å². The molecule has 2 aromatic heterocycles. The fourth-order valence-corrected chi connectivity index (χ4v) is 2.09. The number of hydrogen-bond donors (Lipinski definition) is 2. The summed E-state index contributed by atoms with van der Waals surface area (Å²) in [4.78, 5) is 11.3. The summed E-state index contributed by atoms with van der Waals surface area (Å²) >= 11 is 5.77. The van der Waals surface area contributed by atoms with Crippen molar-refractivity contribution in [3.8, 4) is 0 Å². The number of nitrogens with zero attached hydrogens (tertiary/aromatic N) is 2. The van der Waals surface area contributed by atoms with Gasteiger partial charge in [-0.25, -0.2) is 9.97 Å². The molecule has 5 heteroatoms. The summed E-state index contributed by atoms with van der Waals surface area (Å²) in [6.07, 6.45) is 1.63. The van der Waals surface area contributed by atoms with Gasteiger partial charge in [0, 0.05) is 28.5 Å². The van der Waals surface area contributed by atoms with E-state index in [0.29, 0.717) is 5.82 Å². The highest BCUT2D eigenvalue weighted by Crippen LogP contribution is 2.26. The molecular formula is C13H11ClN4. The van der Waals surface area contributed by atoms with Crippen LogP contribution in [0.25, 0.3) is 10.9 Å². The Morgan fingerprint density at radius 3 is 3.00 bits per heavy atom. The zero-order valence-corrected chi connectivity index (χ0v) is 10.5. The maximum absolute atomic E-state index is 5.77. The molecule has 3 rings (SSSR count). The topological polar surface area (TPSA) is 53.6 Å². The van der Waals surface area contributed by atoms with Gasteiger partial charge in [-0.15, -0.1) is 0 Å². The van der Waals surface area contributed by atoms with Gasteiger partial charge < -0.3 is 10.3 Å². The van der Waals surface area contributed by atoms with Crippen molar-refractivity contribution >= 4 is 34.0 Å². The number of rotatable bonds is 2. The Morgan fingerprint density at radius 1 is 1.28 bits per heavy atom. The van der Waals surface area contributed by atoms with E-state index in [-0.39, 0.29) is 5.28 Å². The molecule has 0 saturated heterocycles. The van der Waals surface area contributed by atoms with Crippen LogP contribution in [0.5, 0.6) is 0 Å². The van der Waals surface area contributed by atoms with Crippen molar-refractivity contribution in [2.24, 2.45) is 0 Å². The molecule has 0 unspecified atom stereocenters. The van der Waals surface area contributed by atoms with E-state index in [0.717, 1.165) is 22.3 Å². The Hall–Kier alpha value is -2.07. The molecule has 0 radical (unpaired) electrons. The molecular weight excluding hydrogens is 248 g/mol. The Bertz CT molecular complexity index is 705. The first kappa shape index (κ1) is 11.0. The average Bonchev–Trinajstić information content (AvgIpc) is 2.71. The average molecular weight is 259 g/mol. The summed E-state index contributed by atoms with van der Waals surface area (Å²) in [5.74, 6) is 0.682. The Labute approximate surface area is 109 Å². The fourth-order valence-electron chi connectivity index (χ4n) is 1.95. The monoisotopic (exact) mass is 258 g/mol. The van der Waals surface area contributed by atoms with E-state index >= 15 is 0 Å². The zero-order chi connectivity index (χ0) is 12.5. The molecule has 0 aliphatic rings. The molecule has 0 amide bonds. The van der Waals surface area contributed by atoms with Gasteiger partial charge in [-0.05, 0) is 42.8 Å². The number of benzene rings is 1. The predicted octanol–water partition coefficient (Wildman–Crippen LogP) is 3.66. The maximum Gasteiger partial charge on any atom is 0.224 e. The summed E-state index contributed by atoms with van der Waals surface area (Å²) in [7, 11) is 0. The number of aromatic nitrogens is 3. The van der Waals surface area contributed by atoms with Gasteiger partial charge in [0.25, 0.3) is 0 Å². The third-order valence-electron chi connectivity index (χ3n) is 2.69. The van der Waals surface area contributed by atoms with Gasteiger partial charge in [0.2, 0.25) is 5.28 Å². The second-order valence-electron chi connectivity index (χ2n) is 4.06. The van der Waals surface area contributed by atoms with Crippen LogP contribution in [0.4, 0.5) is 11.5 Å². The Morgan fingerprint density at radius 2 is 2.17 bits per heavy atom. The molecule has 0 bridgehead atoms. The highest BCUT2D eigenvalue weighted by Gasteiger charge is 2.04. The standard InChI is InChI=1S/C13H11ClN4/c1-8-7-9-10(16-8)3-2-4-11(9)17-12-5-6-15-13(14)18-12/h2-7,16H,1H3,(H,15,17,18). The van der Waals surface area contributed by atoms with E-state index in [1.807, 2.05) is 25.1 Å². The summed E-state index contributed by atoms with van der Waals surface area (Å²) in [6, 6.07) is 9.92. The Balaban J connectivity index is 2.04. The largest absolute Gasteiger partial charge is 0.359 e.